The zero-order valence-electron chi connectivity index (χ0n) is 7.87. The Balaban J connectivity index is 2.88. The van der Waals surface area contributed by atoms with Gasteiger partial charge in [0.2, 0.25) is 0 Å². The molecule has 0 saturated heterocycles. The second-order valence-corrected chi connectivity index (χ2v) is 3.66. The Morgan fingerprint density at radius 1 is 1.25 bits per heavy atom. The van der Waals surface area contributed by atoms with Crippen molar-refractivity contribution in [2.24, 2.45) is 0 Å². The minimum Gasteiger partial charge on any atom is -0.306 e. The summed E-state index contributed by atoms with van der Waals surface area (Å²) in [6.45, 7) is 7.34. The molecule has 0 bridgehead atoms. The molecule has 1 rings (SSSR count). The smallest absolute Gasteiger partial charge is 0.191 e. The van der Waals surface area contributed by atoms with Gasteiger partial charge in [0.15, 0.2) is 5.16 Å². The first-order valence-electron chi connectivity index (χ1n) is 4.38. The number of aryl methyl sites for hydroxylation is 1. The van der Waals surface area contributed by atoms with E-state index in [0.29, 0.717) is 0 Å². The van der Waals surface area contributed by atoms with E-state index in [4.69, 9.17) is 0 Å². The summed E-state index contributed by atoms with van der Waals surface area (Å²) in [5, 5.41) is 9.29. The number of hydrogen-bond donors (Lipinski definition) is 0. The second-order valence-electron chi connectivity index (χ2n) is 2.43. The molecule has 0 atom stereocenters. The zero-order valence-corrected chi connectivity index (χ0v) is 8.69. The van der Waals surface area contributed by atoms with Gasteiger partial charge >= 0.3 is 0 Å². The molecule has 0 N–H and O–H groups in total. The van der Waals surface area contributed by atoms with Gasteiger partial charge in [0.05, 0.1) is 0 Å². The van der Waals surface area contributed by atoms with Crippen LogP contribution in [0.5, 0.6) is 0 Å². The lowest BCUT2D eigenvalue weighted by molar-refractivity contribution is 0.647. The molecule has 1 heterocycles. The van der Waals surface area contributed by atoms with Gasteiger partial charge in [-0.05, 0) is 12.7 Å². The predicted molar refractivity (Wildman–Crippen MR) is 51.5 cm³/mol. The molecular formula is C8H15N3S. The Labute approximate surface area is 77.6 Å². The van der Waals surface area contributed by atoms with E-state index in [-0.39, 0.29) is 0 Å². The molecule has 0 saturated carbocycles. The van der Waals surface area contributed by atoms with Crippen molar-refractivity contribution < 1.29 is 0 Å². The van der Waals surface area contributed by atoms with Crippen LogP contribution in [0.3, 0.4) is 0 Å². The van der Waals surface area contributed by atoms with E-state index in [2.05, 4.69) is 35.5 Å². The molecular weight excluding hydrogens is 170 g/mol. The van der Waals surface area contributed by atoms with Crippen LogP contribution in [0, 0.1) is 0 Å². The molecule has 68 valence electrons. The Bertz CT molecular complexity index is 244. The molecule has 0 amide bonds. The number of hydrogen-bond acceptors (Lipinski definition) is 3. The summed E-state index contributed by atoms with van der Waals surface area (Å²) in [4.78, 5) is 0. The number of rotatable bonds is 4. The normalized spacial score (nSPS) is 10.6. The van der Waals surface area contributed by atoms with Crippen LogP contribution in [0.4, 0.5) is 0 Å². The highest BCUT2D eigenvalue weighted by Crippen LogP contribution is 2.16. The lowest BCUT2D eigenvalue weighted by Gasteiger charge is -2.03. The van der Waals surface area contributed by atoms with Crippen molar-refractivity contribution in [3.63, 3.8) is 0 Å². The minimum absolute atomic E-state index is 0.963. The van der Waals surface area contributed by atoms with E-state index in [9.17, 15) is 0 Å². The number of thioether (sulfide) groups is 1. The highest BCUT2D eigenvalue weighted by atomic mass is 32.2. The van der Waals surface area contributed by atoms with E-state index >= 15 is 0 Å². The Kier molecular flexibility index (Phi) is 3.59. The van der Waals surface area contributed by atoms with Crippen molar-refractivity contribution in [2.75, 3.05) is 5.75 Å². The summed E-state index contributed by atoms with van der Waals surface area (Å²) in [6.07, 6.45) is 0.963. The third kappa shape index (κ3) is 1.80. The molecule has 4 heteroatoms. The van der Waals surface area contributed by atoms with Gasteiger partial charge in [-0.3, -0.25) is 0 Å². The Morgan fingerprint density at radius 2 is 2.00 bits per heavy atom. The fourth-order valence-corrected chi connectivity index (χ4v) is 1.88. The first kappa shape index (κ1) is 9.58. The van der Waals surface area contributed by atoms with Crippen LogP contribution in [-0.2, 0) is 13.0 Å². The maximum absolute atomic E-state index is 4.12. The monoisotopic (exact) mass is 185 g/mol. The molecule has 1 aromatic rings. The summed E-state index contributed by atoms with van der Waals surface area (Å²) in [5.74, 6) is 2.15. The van der Waals surface area contributed by atoms with Gasteiger partial charge in [-0.15, -0.1) is 10.2 Å². The van der Waals surface area contributed by atoms with Crippen LogP contribution >= 0.6 is 11.8 Å². The first-order chi connectivity index (χ1) is 5.83. The van der Waals surface area contributed by atoms with Crippen LogP contribution in [0.15, 0.2) is 5.16 Å². The van der Waals surface area contributed by atoms with Crippen molar-refractivity contribution in [3.05, 3.63) is 5.82 Å². The van der Waals surface area contributed by atoms with Crippen molar-refractivity contribution in [2.45, 2.75) is 38.9 Å². The van der Waals surface area contributed by atoms with E-state index in [1.54, 1.807) is 11.8 Å². The highest BCUT2D eigenvalue weighted by Gasteiger charge is 2.07. The lowest BCUT2D eigenvalue weighted by Crippen LogP contribution is -2.01. The summed E-state index contributed by atoms with van der Waals surface area (Å²) in [6, 6.07) is 0. The van der Waals surface area contributed by atoms with Gasteiger partial charge in [-0.2, -0.15) is 0 Å². The molecule has 0 spiro atoms. The van der Waals surface area contributed by atoms with Gasteiger partial charge < -0.3 is 4.57 Å². The molecule has 0 aliphatic rings. The molecule has 0 radical (unpaired) electrons. The van der Waals surface area contributed by atoms with Gasteiger partial charge in [0, 0.05) is 13.0 Å². The van der Waals surface area contributed by atoms with Crippen molar-refractivity contribution in [1.82, 2.24) is 14.8 Å². The van der Waals surface area contributed by atoms with Crippen molar-refractivity contribution >= 4 is 11.8 Å². The average Bonchev–Trinajstić information content (AvgIpc) is 2.47. The third-order valence-electron chi connectivity index (χ3n) is 1.70. The first-order valence-corrected chi connectivity index (χ1v) is 5.36. The molecule has 1 aromatic heterocycles. The summed E-state index contributed by atoms with van der Waals surface area (Å²) in [7, 11) is 0. The van der Waals surface area contributed by atoms with Gasteiger partial charge in [0.1, 0.15) is 5.82 Å². The minimum atomic E-state index is 0.963. The fraction of sp³-hybridized carbons (Fsp3) is 0.750. The van der Waals surface area contributed by atoms with Gasteiger partial charge in [0.25, 0.3) is 0 Å². The maximum Gasteiger partial charge on any atom is 0.191 e. The van der Waals surface area contributed by atoms with E-state index in [1.807, 2.05) is 0 Å². The van der Waals surface area contributed by atoms with Crippen LogP contribution < -0.4 is 0 Å². The van der Waals surface area contributed by atoms with Crippen molar-refractivity contribution in [1.29, 1.82) is 0 Å². The topological polar surface area (TPSA) is 30.7 Å². The van der Waals surface area contributed by atoms with Gasteiger partial charge in [-0.25, -0.2) is 0 Å². The number of nitrogens with zero attached hydrogens (tertiary/aromatic N) is 3. The zero-order chi connectivity index (χ0) is 8.97. The molecule has 0 aromatic carbocycles. The molecule has 12 heavy (non-hydrogen) atoms. The molecule has 0 aliphatic carbocycles. The van der Waals surface area contributed by atoms with Crippen LogP contribution in [-0.4, -0.2) is 20.5 Å². The largest absolute Gasteiger partial charge is 0.306 e. The average molecular weight is 185 g/mol. The van der Waals surface area contributed by atoms with E-state index < -0.39 is 0 Å². The second kappa shape index (κ2) is 4.50. The summed E-state index contributed by atoms with van der Waals surface area (Å²) < 4.78 is 2.17. The SMILES string of the molecule is CCSc1nnc(CC)n1CC. The molecule has 3 nitrogen and oxygen atoms in total. The standard InChI is InChI=1S/C8H15N3S/c1-4-7-9-10-8(12-6-3)11(7)5-2/h4-6H2,1-3H3. The quantitative estimate of drug-likeness (QED) is 0.672. The number of aromatic nitrogens is 3. The van der Waals surface area contributed by atoms with Crippen LogP contribution in [0.2, 0.25) is 0 Å². The third-order valence-corrected chi connectivity index (χ3v) is 2.55. The Morgan fingerprint density at radius 3 is 2.50 bits per heavy atom. The van der Waals surface area contributed by atoms with Crippen LogP contribution in [0.1, 0.15) is 26.6 Å². The van der Waals surface area contributed by atoms with E-state index in [1.165, 1.54) is 0 Å². The van der Waals surface area contributed by atoms with E-state index in [0.717, 1.165) is 29.7 Å². The molecule has 0 aliphatic heterocycles. The summed E-state index contributed by atoms with van der Waals surface area (Å²) in [5.41, 5.74) is 0. The van der Waals surface area contributed by atoms with Crippen molar-refractivity contribution in [3.8, 4) is 0 Å². The maximum atomic E-state index is 4.12. The molecule has 0 unspecified atom stereocenters. The van der Waals surface area contributed by atoms with Gasteiger partial charge in [-0.1, -0.05) is 25.6 Å². The van der Waals surface area contributed by atoms with Crippen LogP contribution in [0.25, 0.3) is 0 Å². The fourth-order valence-electron chi connectivity index (χ4n) is 1.13. The summed E-state index contributed by atoms with van der Waals surface area (Å²) >= 11 is 1.75. The predicted octanol–water partition coefficient (Wildman–Crippen LogP) is 1.97. The highest BCUT2D eigenvalue weighted by molar-refractivity contribution is 7.99. The lowest BCUT2D eigenvalue weighted by atomic mass is 10.4. The molecule has 0 fully saturated rings. The Hall–Kier alpha value is -0.510.